The molecule has 1 N–H and O–H groups in total. The molecule has 2 bridgehead atoms. The van der Waals surface area contributed by atoms with Crippen LogP contribution in [0.3, 0.4) is 0 Å². The fraction of sp³-hybridized carbons (Fsp3) is 0.636. The van der Waals surface area contributed by atoms with Crippen LogP contribution in [-0.2, 0) is 11.8 Å². The number of hydrogen-bond donors (Lipinski definition) is 1. The number of methoxy groups -OCH3 is 1. The predicted octanol–water partition coefficient (Wildman–Crippen LogP) is 2.67. The van der Waals surface area contributed by atoms with Crippen molar-refractivity contribution in [3.05, 3.63) is 34.9 Å². The van der Waals surface area contributed by atoms with Crippen LogP contribution in [0.1, 0.15) is 36.8 Å². The van der Waals surface area contributed by atoms with Gasteiger partial charge in [0.05, 0.1) is 7.11 Å². The predicted molar refractivity (Wildman–Crippen MR) is 98.7 cm³/mol. The van der Waals surface area contributed by atoms with Gasteiger partial charge in [-0.1, -0.05) is 12.1 Å². The van der Waals surface area contributed by atoms with Crippen LogP contribution in [0.5, 0.6) is 11.5 Å². The second-order valence-electron chi connectivity index (χ2n) is 9.07. The first-order chi connectivity index (χ1) is 12.6. The zero-order chi connectivity index (χ0) is 17.6. The Kier molecular flexibility index (Phi) is 3.02. The Hall–Kier alpha value is -1.52. The molecule has 6 rings (SSSR count). The largest absolute Gasteiger partial charge is 0.493 e. The van der Waals surface area contributed by atoms with E-state index in [2.05, 4.69) is 24.1 Å². The highest BCUT2D eigenvalue weighted by Gasteiger charge is 2.65. The lowest BCUT2D eigenvalue weighted by atomic mass is 9.52. The topological polar surface area (TPSA) is 41.9 Å². The Balaban J connectivity index is 1.57. The number of ether oxygens (including phenoxy) is 2. The van der Waals surface area contributed by atoms with E-state index in [-0.39, 0.29) is 11.5 Å². The molecule has 5 aliphatic rings. The van der Waals surface area contributed by atoms with E-state index < -0.39 is 6.10 Å². The summed E-state index contributed by atoms with van der Waals surface area (Å²) in [6, 6.07) is 4.77. The molecule has 0 radical (unpaired) electrons. The number of likely N-dealkylation sites (tertiary alicyclic amines) is 1. The molecule has 1 aromatic carbocycles. The minimum atomic E-state index is -0.487. The minimum absolute atomic E-state index is 0.0822. The molecule has 1 spiro atoms. The van der Waals surface area contributed by atoms with Crippen LogP contribution in [0.15, 0.2) is 23.8 Å². The second-order valence-corrected chi connectivity index (χ2v) is 9.07. The van der Waals surface area contributed by atoms with Gasteiger partial charge in [-0.2, -0.15) is 0 Å². The molecule has 1 saturated heterocycles. The third-order valence-electron chi connectivity index (χ3n) is 7.81. The average molecular weight is 353 g/mol. The van der Waals surface area contributed by atoms with E-state index >= 15 is 0 Å². The van der Waals surface area contributed by atoms with Gasteiger partial charge in [0.25, 0.3) is 0 Å². The van der Waals surface area contributed by atoms with Crippen molar-refractivity contribution in [2.24, 2.45) is 11.8 Å². The SMILES string of the molecule is COc1ccc2c3c1O[C@H]1[C@@H](O)C(CC4CC4)=C[C@H]4[C@@H](C2)N(C)CC[C@@]341. The number of hydrogen-bond acceptors (Lipinski definition) is 4. The summed E-state index contributed by atoms with van der Waals surface area (Å²) in [4.78, 5) is 2.53. The fourth-order valence-corrected chi connectivity index (χ4v) is 6.35. The Labute approximate surface area is 154 Å². The van der Waals surface area contributed by atoms with Crippen LogP contribution >= 0.6 is 0 Å². The third-order valence-corrected chi connectivity index (χ3v) is 7.81. The Morgan fingerprint density at radius 1 is 1.35 bits per heavy atom. The van der Waals surface area contributed by atoms with Crippen molar-refractivity contribution < 1.29 is 14.6 Å². The summed E-state index contributed by atoms with van der Waals surface area (Å²) >= 11 is 0. The molecule has 1 saturated carbocycles. The van der Waals surface area contributed by atoms with Crippen LogP contribution in [0.2, 0.25) is 0 Å². The van der Waals surface area contributed by atoms with E-state index in [4.69, 9.17) is 9.47 Å². The highest BCUT2D eigenvalue weighted by atomic mass is 16.5. The molecule has 4 nitrogen and oxygen atoms in total. The van der Waals surface area contributed by atoms with Crippen molar-refractivity contribution in [3.63, 3.8) is 0 Å². The standard InChI is InChI=1S/C22H27NO3/c1-23-8-7-22-15-10-14(9-12-3-4-12)19(24)21(22)26-20-17(25-2)6-5-13(18(20)22)11-16(15)23/h5-6,10,12,15-16,19,21,24H,3-4,7-9,11H2,1-2H3/t15-,16+,19-,21-,22-/m0/s1. The lowest BCUT2D eigenvalue weighted by molar-refractivity contribution is -0.0515. The minimum Gasteiger partial charge on any atom is -0.493 e. The van der Waals surface area contributed by atoms with Gasteiger partial charge >= 0.3 is 0 Å². The van der Waals surface area contributed by atoms with E-state index in [0.717, 1.165) is 43.2 Å². The van der Waals surface area contributed by atoms with Crippen LogP contribution in [-0.4, -0.2) is 49.0 Å². The van der Waals surface area contributed by atoms with Gasteiger partial charge in [0.2, 0.25) is 0 Å². The summed E-state index contributed by atoms with van der Waals surface area (Å²) in [6.45, 7) is 1.07. The molecule has 0 aromatic heterocycles. The molecule has 2 aliphatic heterocycles. The van der Waals surface area contributed by atoms with Crippen molar-refractivity contribution >= 4 is 0 Å². The van der Waals surface area contributed by atoms with Gasteiger partial charge in [0.15, 0.2) is 11.5 Å². The molecular weight excluding hydrogens is 326 g/mol. The van der Waals surface area contributed by atoms with Crippen LogP contribution in [0.25, 0.3) is 0 Å². The maximum atomic E-state index is 11.3. The summed E-state index contributed by atoms with van der Waals surface area (Å²) in [5, 5.41) is 11.3. The Morgan fingerprint density at radius 2 is 2.19 bits per heavy atom. The molecule has 1 aromatic rings. The molecule has 3 aliphatic carbocycles. The number of aliphatic hydroxyl groups excluding tert-OH is 1. The second kappa shape index (κ2) is 5.05. The molecule has 5 atom stereocenters. The molecular formula is C22H27NO3. The van der Waals surface area contributed by atoms with Gasteiger partial charge in [0, 0.05) is 22.9 Å². The monoisotopic (exact) mass is 353 g/mol. The quantitative estimate of drug-likeness (QED) is 0.849. The first kappa shape index (κ1) is 15.5. The van der Waals surface area contributed by atoms with Gasteiger partial charge in [-0.05, 0) is 68.8 Å². The van der Waals surface area contributed by atoms with Crippen molar-refractivity contribution in [2.75, 3.05) is 20.7 Å². The molecule has 0 unspecified atom stereocenters. The number of aliphatic hydroxyl groups is 1. The van der Waals surface area contributed by atoms with Crippen molar-refractivity contribution in [1.82, 2.24) is 4.90 Å². The summed E-state index contributed by atoms with van der Waals surface area (Å²) in [7, 11) is 3.98. The van der Waals surface area contributed by atoms with Gasteiger partial charge in [0.1, 0.15) is 12.2 Å². The summed E-state index contributed by atoms with van der Waals surface area (Å²) in [6.07, 6.45) is 7.60. The van der Waals surface area contributed by atoms with Gasteiger partial charge in [-0.15, -0.1) is 0 Å². The van der Waals surface area contributed by atoms with E-state index in [1.54, 1.807) is 7.11 Å². The highest BCUT2D eigenvalue weighted by molar-refractivity contribution is 5.62. The number of rotatable bonds is 3. The third kappa shape index (κ3) is 1.77. The highest BCUT2D eigenvalue weighted by Crippen LogP contribution is 2.63. The van der Waals surface area contributed by atoms with E-state index in [0.29, 0.717) is 12.0 Å². The number of nitrogens with zero attached hydrogens (tertiary/aromatic N) is 1. The number of piperidine rings is 1. The molecule has 138 valence electrons. The molecule has 26 heavy (non-hydrogen) atoms. The van der Waals surface area contributed by atoms with Crippen LogP contribution in [0, 0.1) is 11.8 Å². The number of benzene rings is 1. The van der Waals surface area contributed by atoms with Gasteiger partial charge in [-0.25, -0.2) is 0 Å². The van der Waals surface area contributed by atoms with Crippen molar-refractivity contribution in [1.29, 1.82) is 0 Å². The lowest BCUT2D eigenvalue weighted by Gasteiger charge is -2.57. The van der Waals surface area contributed by atoms with E-state index in [1.807, 2.05) is 6.07 Å². The summed E-state index contributed by atoms with van der Waals surface area (Å²) < 4.78 is 12.2. The normalized spacial score (nSPS) is 39.9. The van der Waals surface area contributed by atoms with Crippen molar-refractivity contribution in [2.45, 2.75) is 55.8 Å². The molecule has 2 heterocycles. The first-order valence-electron chi connectivity index (χ1n) is 10.1. The fourth-order valence-electron chi connectivity index (χ4n) is 6.35. The van der Waals surface area contributed by atoms with Gasteiger partial charge in [-0.3, -0.25) is 0 Å². The van der Waals surface area contributed by atoms with E-state index in [9.17, 15) is 5.11 Å². The maximum absolute atomic E-state index is 11.3. The maximum Gasteiger partial charge on any atom is 0.165 e. The lowest BCUT2D eigenvalue weighted by Crippen LogP contribution is -2.65. The first-order valence-corrected chi connectivity index (χ1v) is 10.1. The van der Waals surface area contributed by atoms with Crippen LogP contribution < -0.4 is 9.47 Å². The molecule has 2 fully saturated rings. The van der Waals surface area contributed by atoms with E-state index in [1.165, 1.54) is 29.5 Å². The molecule has 4 heteroatoms. The summed E-state index contributed by atoms with van der Waals surface area (Å²) in [5.41, 5.74) is 3.88. The van der Waals surface area contributed by atoms with Crippen molar-refractivity contribution in [3.8, 4) is 11.5 Å². The Bertz CT molecular complexity index is 814. The average Bonchev–Trinajstić information content (AvgIpc) is 3.38. The smallest absolute Gasteiger partial charge is 0.165 e. The van der Waals surface area contributed by atoms with Gasteiger partial charge < -0.3 is 19.5 Å². The number of likely N-dealkylation sites (N-methyl/N-ethyl adjacent to an activating group) is 1. The zero-order valence-corrected chi connectivity index (χ0v) is 15.6. The van der Waals surface area contributed by atoms with Crippen LogP contribution in [0.4, 0.5) is 0 Å². The zero-order valence-electron chi connectivity index (χ0n) is 15.6. The Morgan fingerprint density at radius 3 is 2.96 bits per heavy atom. The molecule has 0 amide bonds. The summed E-state index contributed by atoms with van der Waals surface area (Å²) in [5.74, 6) is 2.94.